The molecule has 1 aromatic rings. The Labute approximate surface area is 126 Å². The van der Waals surface area contributed by atoms with Crippen LogP contribution in [-0.4, -0.2) is 40.7 Å². The third kappa shape index (κ3) is 4.55. The monoisotopic (exact) mass is 291 g/mol. The summed E-state index contributed by atoms with van der Waals surface area (Å²) < 4.78 is 5.37. The molecule has 0 saturated carbocycles. The number of benzene rings is 1. The van der Waals surface area contributed by atoms with Crippen LogP contribution in [0.15, 0.2) is 30.3 Å². The molecule has 0 radical (unpaired) electrons. The zero-order valence-corrected chi connectivity index (χ0v) is 13.1. The largest absolute Gasteiger partial charge is 0.459 e. The van der Waals surface area contributed by atoms with Crippen molar-refractivity contribution in [3.63, 3.8) is 0 Å². The zero-order chi connectivity index (χ0) is 15.5. The molecular formula is C17H25NO3. The van der Waals surface area contributed by atoms with Crippen LogP contribution in [0, 0.1) is 0 Å². The van der Waals surface area contributed by atoms with Gasteiger partial charge in [0.1, 0.15) is 5.60 Å². The highest BCUT2D eigenvalue weighted by atomic mass is 16.6. The molecule has 1 aromatic carbocycles. The Morgan fingerprint density at radius 2 is 2.05 bits per heavy atom. The van der Waals surface area contributed by atoms with Gasteiger partial charge in [0.25, 0.3) is 0 Å². The first-order valence-electron chi connectivity index (χ1n) is 7.56. The van der Waals surface area contributed by atoms with E-state index in [1.165, 1.54) is 0 Å². The van der Waals surface area contributed by atoms with Gasteiger partial charge >= 0.3 is 5.97 Å². The summed E-state index contributed by atoms with van der Waals surface area (Å²) in [7, 11) is 0. The van der Waals surface area contributed by atoms with E-state index < -0.39 is 11.7 Å². The van der Waals surface area contributed by atoms with Crippen LogP contribution in [-0.2, 0) is 9.53 Å². The quantitative estimate of drug-likeness (QED) is 0.866. The van der Waals surface area contributed by atoms with Gasteiger partial charge in [0.15, 0.2) is 0 Å². The highest BCUT2D eigenvalue weighted by Crippen LogP contribution is 2.29. The van der Waals surface area contributed by atoms with Gasteiger partial charge < -0.3 is 9.84 Å². The number of likely N-dealkylation sites (tertiary alicyclic amines) is 1. The number of nitrogens with zero attached hydrogens (tertiary/aromatic N) is 1. The van der Waals surface area contributed by atoms with Crippen molar-refractivity contribution in [3.8, 4) is 0 Å². The molecule has 2 rings (SSSR count). The average molecular weight is 291 g/mol. The summed E-state index contributed by atoms with van der Waals surface area (Å²) in [6.45, 7) is 6.67. The van der Waals surface area contributed by atoms with E-state index in [1.54, 1.807) is 0 Å². The molecule has 4 nitrogen and oxygen atoms in total. The van der Waals surface area contributed by atoms with E-state index in [0.29, 0.717) is 0 Å². The number of carbonyl (C=O) groups is 1. The lowest BCUT2D eigenvalue weighted by atomic mass is 10.0. The molecule has 4 heteroatoms. The number of hydrogen-bond acceptors (Lipinski definition) is 4. The summed E-state index contributed by atoms with van der Waals surface area (Å²) in [5.74, 6) is -0.227. The van der Waals surface area contributed by atoms with Crippen LogP contribution < -0.4 is 0 Å². The maximum absolute atomic E-state index is 12.0. The van der Waals surface area contributed by atoms with Crippen LogP contribution in [0.4, 0.5) is 0 Å². The lowest BCUT2D eigenvalue weighted by molar-refractivity contribution is -0.156. The van der Waals surface area contributed by atoms with Crippen molar-refractivity contribution in [1.29, 1.82) is 0 Å². The fraction of sp³-hybridized carbons (Fsp3) is 0.588. The molecule has 1 fully saturated rings. The molecule has 1 N–H and O–H groups in total. The van der Waals surface area contributed by atoms with Gasteiger partial charge in [-0.15, -0.1) is 0 Å². The van der Waals surface area contributed by atoms with Crippen molar-refractivity contribution < 1.29 is 14.6 Å². The number of aliphatic hydroxyl groups is 1. The maximum atomic E-state index is 12.0. The SMILES string of the molecule is CC(C)(C)OC(=O)CN1CCC[C@@H]1[C@H](O)c1ccccc1. The summed E-state index contributed by atoms with van der Waals surface area (Å²) in [5, 5.41) is 10.5. The molecule has 2 atom stereocenters. The van der Waals surface area contributed by atoms with Gasteiger partial charge in [-0.1, -0.05) is 30.3 Å². The van der Waals surface area contributed by atoms with E-state index in [1.807, 2.05) is 56.0 Å². The van der Waals surface area contributed by atoms with Gasteiger partial charge in [0.2, 0.25) is 0 Å². The molecule has 0 spiro atoms. The summed E-state index contributed by atoms with van der Waals surface area (Å²) in [6.07, 6.45) is 1.34. The number of carbonyl (C=O) groups excluding carboxylic acids is 1. The number of aliphatic hydroxyl groups excluding tert-OH is 1. The molecular weight excluding hydrogens is 266 g/mol. The molecule has 116 valence electrons. The van der Waals surface area contributed by atoms with E-state index in [2.05, 4.69) is 0 Å². The van der Waals surface area contributed by atoms with E-state index >= 15 is 0 Å². The molecule has 0 aromatic heterocycles. The van der Waals surface area contributed by atoms with Gasteiger partial charge in [-0.2, -0.15) is 0 Å². The first-order chi connectivity index (χ1) is 9.87. The third-order valence-electron chi connectivity index (χ3n) is 3.67. The zero-order valence-electron chi connectivity index (χ0n) is 13.1. The molecule has 0 unspecified atom stereocenters. The number of rotatable bonds is 4. The molecule has 1 aliphatic rings. The minimum absolute atomic E-state index is 0.0140. The van der Waals surface area contributed by atoms with Crippen molar-refractivity contribution in [1.82, 2.24) is 4.90 Å². The predicted octanol–water partition coefficient (Wildman–Crippen LogP) is 2.53. The van der Waals surface area contributed by atoms with Crippen molar-refractivity contribution in [2.45, 2.75) is 51.4 Å². The van der Waals surface area contributed by atoms with Crippen LogP contribution >= 0.6 is 0 Å². The van der Waals surface area contributed by atoms with Crippen LogP contribution in [0.3, 0.4) is 0 Å². The van der Waals surface area contributed by atoms with Crippen LogP contribution in [0.5, 0.6) is 0 Å². The van der Waals surface area contributed by atoms with Crippen molar-refractivity contribution in [2.24, 2.45) is 0 Å². The molecule has 0 aliphatic carbocycles. The topological polar surface area (TPSA) is 49.8 Å². The molecule has 1 heterocycles. The second-order valence-corrected chi connectivity index (χ2v) is 6.62. The predicted molar refractivity (Wildman–Crippen MR) is 81.8 cm³/mol. The number of ether oxygens (including phenoxy) is 1. The summed E-state index contributed by atoms with van der Waals surface area (Å²) >= 11 is 0. The Balaban J connectivity index is 1.99. The average Bonchev–Trinajstić information content (AvgIpc) is 2.84. The van der Waals surface area contributed by atoms with Crippen LogP contribution in [0.1, 0.15) is 45.3 Å². The molecule has 1 saturated heterocycles. The second-order valence-electron chi connectivity index (χ2n) is 6.62. The van der Waals surface area contributed by atoms with E-state index in [4.69, 9.17) is 4.74 Å². The van der Waals surface area contributed by atoms with Gasteiger partial charge in [0.05, 0.1) is 12.6 Å². The second kappa shape index (κ2) is 6.58. The minimum Gasteiger partial charge on any atom is -0.459 e. The van der Waals surface area contributed by atoms with Crippen LogP contribution in [0.25, 0.3) is 0 Å². The smallest absolute Gasteiger partial charge is 0.320 e. The molecule has 0 bridgehead atoms. The van der Waals surface area contributed by atoms with Crippen molar-refractivity contribution >= 4 is 5.97 Å². The highest BCUT2D eigenvalue weighted by Gasteiger charge is 2.33. The summed E-state index contributed by atoms with van der Waals surface area (Å²) in [4.78, 5) is 14.0. The third-order valence-corrected chi connectivity index (χ3v) is 3.67. The molecule has 0 amide bonds. The fourth-order valence-electron chi connectivity index (χ4n) is 2.82. The highest BCUT2D eigenvalue weighted by molar-refractivity contribution is 5.72. The minimum atomic E-state index is -0.559. The Bertz CT molecular complexity index is 467. The van der Waals surface area contributed by atoms with Gasteiger partial charge in [-0.05, 0) is 45.7 Å². The maximum Gasteiger partial charge on any atom is 0.320 e. The Kier molecular flexibility index (Phi) is 5.01. The van der Waals surface area contributed by atoms with Gasteiger partial charge in [-0.3, -0.25) is 9.69 Å². The molecule has 21 heavy (non-hydrogen) atoms. The first kappa shape index (κ1) is 16.0. The van der Waals surface area contributed by atoms with Crippen molar-refractivity contribution in [2.75, 3.05) is 13.1 Å². The van der Waals surface area contributed by atoms with Crippen LogP contribution in [0.2, 0.25) is 0 Å². The molecule has 1 aliphatic heterocycles. The van der Waals surface area contributed by atoms with Gasteiger partial charge in [0, 0.05) is 6.04 Å². The lowest BCUT2D eigenvalue weighted by Gasteiger charge is -2.29. The number of esters is 1. The standard InChI is InChI=1S/C17H25NO3/c1-17(2,3)21-15(19)12-18-11-7-10-14(18)16(20)13-8-5-4-6-9-13/h4-6,8-9,14,16,20H,7,10-12H2,1-3H3/t14-,16-/m1/s1. The van der Waals surface area contributed by atoms with E-state index in [9.17, 15) is 9.90 Å². The Morgan fingerprint density at radius 3 is 2.67 bits per heavy atom. The normalized spacial score (nSPS) is 21.2. The van der Waals surface area contributed by atoms with Gasteiger partial charge in [-0.25, -0.2) is 0 Å². The van der Waals surface area contributed by atoms with E-state index in [-0.39, 0.29) is 18.6 Å². The first-order valence-corrected chi connectivity index (χ1v) is 7.56. The summed E-state index contributed by atoms with van der Waals surface area (Å²) in [6, 6.07) is 9.62. The number of hydrogen-bond donors (Lipinski definition) is 1. The van der Waals surface area contributed by atoms with Crippen molar-refractivity contribution in [3.05, 3.63) is 35.9 Å². The lowest BCUT2D eigenvalue weighted by Crippen LogP contribution is -2.40. The Hall–Kier alpha value is -1.39. The summed E-state index contributed by atoms with van der Waals surface area (Å²) in [5.41, 5.74) is 0.434. The fourth-order valence-corrected chi connectivity index (χ4v) is 2.82. The van der Waals surface area contributed by atoms with E-state index in [0.717, 1.165) is 24.9 Å². The Morgan fingerprint density at radius 1 is 1.38 bits per heavy atom.